The molecule has 0 atom stereocenters. The number of fused-ring (bicyclic) bond motifs is 1. The zero-order chi connectivity index (χ0) is 15.7. The highest BCUT2D eigenvalue weighted by Gasteiger charge is 2.23. The van der Waals surface area contributed by atoms with E-state index >= 15 is 0 Å². The van der Waals surface area contributed by atoms with Gasteiger partial charge in [-0.3, -0.25) is 4.68 Å². The zero-order valence-corrected chi connectivity index (χ0v) is 13.5. The Balaban J connectivity index is 2.01. The fourth-order valence-corrected chi connectivity index (χ4v) is 3.32. The molecule has 3 nitrogen and oxygen atoms in total. The molecule has 2 aromatic rings. The number of aromatic nitrogens is 2. The van der Waals surface area contributed by atoms with Crippen LogP contribution < -0.4 is 5.73 Å². The molecular weight excluding hydrogens is 324 g/mol. The van der Waals surface area contributed by atoms with Crippen LogP contribution in [0, 0.1) is 0 Å². The first kappa shape index (κ1) is 15.5. The average Bonchev–Trinajstić information content (AvgIpc) is 2.92. The Morgan fingerprint density at radius 1 is 1.32 bits per heavy atom. The number of halogens is 3. The summed E-state index contributed by atoms with van der Waals surface area (Å²) in [5, 5.41) is 5.58. The summed E-state index contributed by atoms with van der Waals surface area (Å²) in [7, 11) is 0. The predicted molar refractivity (Wildman–Crippen MR) is 87.8 cm³/mol. The third-order valence-corrected chi connectivity index (χ3v) is 4.50. The Hall–Kier alpha value is -1.36. The highest BCUT2D eigenvalue weighted by Crippen LogP contribution is 2.34. The van der Waals surface area contributed by atoms with Gasteiger partial charge in [-0.25, -0.2) is 4.39 Å². The molecule has 2 N–H and O–H groups in total. The van der Waals surface area contributed by atoms with E-state index in [1.165, 1.54) is 0 Å². The molecule has 6 heteroatoms. The molecule has 1 heterocycles. The van der Waals surface area contributed by atoms with Gasteiger partial charge in [-0.05, 0) is 42.5 Å². The van der Waals surface area contributed by atoms with Crippen molar-refractivity contribution in [2.75, 3.05) is 6.54 Å². The fraction of sp³-hybridized carbons (Fsp3) is 0.312. The van der Waals surface area contributed by atoms with Gasteiger partial charge in [0.1, 0.15) is 5.83 Å². The van der Waals surface area contributed by atoms with Gasteiger partial charge in [0.05, 0.1) is 18.4 Å². The van der Waals surface area contributed by atoms with Gasteiger partial charge in [0.2, 0.25) is 0 Å². The summed E-state index contributed by atoms with van der Waals surface area (Å²) in [4.78, 5) is 0. The molecular formula is C16H16Cl2FN3. The van der Waals surface area contributed by atoms with Crippen molar-refractivity contribution in [2.24, 2.45) is 5.73 Å². The molecule has 0 spiro atoms. The second-order valence-corrected chi connectivity index (χ2v) is 6.20. The maximum absolute atomic E-state index is 14.1. The second kappa shape index (κ2) is 6.41. The van der Waals surface area contributed by atoms with Gasteiger partial charge in [0, 0.05) is 22.2 Å². The lowest BCUT2D eigenvalue weighted by Gasteiger charge is -2.19. The molecule has 1 aliphatic carbocycles. The van der Waals surface area contributed by atoms with Crippen LogP contribution in [0.1, 0.15) is 29.7 Å². The molecule has 0 amide bonds. The first-order chi connectivity index (χ1) is 10.6. The third-order valence-electron chi connectivity index (χ3n) is 3.92. The number of nitrogens with two attached hydrogens (primary N) is 1. The number of hydrogen-bond acceptors (Lipinski definition) is 2. The maximum atomic E-state index is 14.1. The van der Waals surface area contributed by atoms with Gasteiger partial charge < -0.3 is 5.73 Å². The molecule has 0 aliphatic heterocycles. The molecule has 0 bridgehead atoms. The Labute approximate surface area is 138 Å². The first-order valence-electron chi connectivity index (χ1n) is 7.16. The molecule has 0 saturated carbocycles. The fourth-order valence-electron chi connectivity index (χ4n) is 2.85. The largest absolute Gasteiger partial charge is 0.325 e. The molecule has 3 rings (SSSR count). The molecule has 1 aromatic heterocycles. The lowest BCUT2D eigenvalue weighted by atomic mass is 9.92. The predicted octanol–water partition coefficient (Wildman–Crippen LogP) is 4.21. The van der Waals surface area contributed by atoms with Crippen molar-refractivity contribution in [2.45, 2.75) is 25.8 Å². The van der Waals surface area contributed by atoms with Crippen molar-refractivity contribution in [1.29, 1.82) is 0 Å². The molecule has 1 aromatic carbocycles. The summed E-state index contributed by atoms with van der Waals surface area (Å²) in [6, 6.07) is 5.35. The van der Waals surface area contributed by atoms with Gasteiger partial charge in [0.25, 0.3) is 0 Å². The minimum Gasteiger partial charge on any atom is -0.325 e. The van der Waals surface area contributed by atoms with Crippen molar-refractivity contribution < 1.29 is 4.39 Å². The summed E-state index contributed by atoms with van der Waals surface area (Å²) in [6.07, 6.45) is 4.33. The average molecular weight is 340 g/mol. The van der Waals surface area contributed by atoms with E-state index in [0.29, 0.717) is 28.6 Å². The Morgan fingerprint density at radius 3 is 2.86 bits per heavy atom. The molecule has 0 fully saturated rings. The molecule has 0 saturated heterocycles. The summed E-state index contributed by atoms with van der Waals surface area (Å²) in [6.45, 7) is 0.397. The van der Waals surface area contributed by atoms with Gasteiger partial charge in [-0.15, -0.1) is 0 Å². The second-order valence-electron chi connectivity index (χ2n) is 5.35. The maximum Gasteiger partial charge on any atom is 0.119 e. The highest BCUT2D eigenvalue weighted by molar-refractivity contribution is 6.35. The van der Waals surface area contributed by atoms with E-state index < -0.39 is 0 Å². The molecule has 0 unspecified atom stereocenters. The topological polar surface area (TPSA) is 43.8 Å². The third kappa shape index (κ3) is 2.91. The summed E-state index contributed by atoms with van der Waals surface area (Å²) < 4.78 is 15.9. The van der Waals surface area contributed by atoms with Crippen molar-refractivity contribution in [3.8, 4) is 0 Å². The van der Waals surface area contributed by atoms with Crippen molar-refractivity contribution >= 4 is 28.8 Å². The van der Waals surface area contributed by atoms with E-state index in [4.69, 9.17) is 28.9 Å². The van der Waals surface area contributed by atoms with Crippen molar-refractivity contribution in [3.63, 3.8) is 0 Å². The normalized spacial score (nSPS) is 16.5. The van der Waals surface area contributed by atoms with E-state index in [2.05, 4.69) is 5.10 Å². The smallest absolute Gasteiger partial charge is 0.119 e. The van der Waals surface area contributed by atoms with Crippen LogP contribution in [0.15, 0.2) is 30.2 Å². The van der Waals surface area contributed by atoms with Crippen molar-refractivity contribution in [1.82, 2.24) is 9.78 Å². The first-order valence-corrected chi connectivity index (χ1v) is 7.92. The van der Waals surface area contributed by atoms with E-state index in [1.807, 2.05) is 12.3 Å². The number of aryl methyl sites for hydroxylation is 1. The summed E-state index contributed by atoms with van der Waals surface area (Å²) in [5.41, 5.74) is 8.96. The Morgan fingerprint density at radius 2 is 2.14 bits per heavy atom. The Kier molecular flexibility index (Phi) is 4.52. The number of nitrogens with zero attached hydrogens (tertiary/aromatic N) is 2. The lowest BCUT2D eigenvalue weighted by molar-refractivity contribution is 0.603. The van der Waals surface area contributed by atoms with Crippen LogP contribution >= 0.6 is 23.2 Å². The minimum atomic E-state index is -0.259. The van der Waals surface area contributed by atoms with Crippen LogP contribution in [0.25, 0.3) is 5.57 Å². The van der Waals surface area contributed by atoms with Crippen LogP contribution in [-0.2, 0) is 13.0 Å². The monoisotopic (exact) mass is 339 g/mol. The molecule has 116 valence electrons. The van der Waals surface area contributed by atoms with E-state index in [0.717, 1.165) is 29.7 Å². The summed E-state index contributed by atoms with van der Waals surface area (Å²) >= 11 is 12.1. The SMILES string of the molecule is NC/C(F)=C1\CCCc2cnn(Cc3ccc(Cl)cc3Cl)c21. The van der Waals surface area contributed by atoms with Crippen LogP contribution in [0.2, 0.25) is 10.0 Å². The van der Waals surface area contributed by atoms with Crippen LogP contribution in [-0.4, -0.2) is 16.3 Å². The molecule has 22 heavy (non-hydrogen) atoms. The standard InChI is InChI=1S/C16H16Cl2FN3/c17-12-5-4-11(14(18)6-12)9-22-16-10(8-21-22)2-1-3-13(16)15(19)7-20/h4-6,8H,1-3,7,9,20H2/b15-13-. The highest BCUT2D eigenvalue weighted by atomic mass is 35.5. The van der Waals surface area contributed by atoms with E-state index in [1.54, 1.807) is 16.8 Å². The number of allylic oxidation sites excluding steroid dienone is 1. The number of hydrogen-bond donors (Lipinski definition) is 1. The van der Waals surface area contributed by atoms with Gasteiger partial charge in [-0.2, -0.15) is 5.10 Å². The zero-order valence-electron chi connectivity index (χ0n) is 12.0. The van der Waals surface area contributed by atoms with Crippen LogP contribution in [0.3, 0.4) is 0 Å². The quantitative estimate of drug-likeness (QED) is 0.909. The van der Waals surface area contributed by atoms with Gasteiger partial charge >= 0.3 is 0 Å². The lowest BCUT2D eigenvalue weighted by Crippen LogP contribution is -2.13. The molecule has 0 radical (unpaired) electrons. The molecule has 1 aliphatic rings. The summed E-state index contributed by atoms with van der Waals surface area (Å²) in [5.74, 6) is -0.259. The van der Waals surface area contributed by atoms with Crippen LogP contribution in [0.5, 0.6) is 0 Å². The van der Waals surface area contributed by atoms with E-state index in [9.17, 15) is 4.39 Å². The van der Waals surface area contributed by atoms with Crippen molar-refractivity contribution in [3.05, 3.63) is 57.1 Å². The van der Waals surface area contributed by atoms with Gasteiger partial charge in [-0.1, -0.05) is 29.3 Å². The number of benzene rings is 1. The van der Waals surface area contributed by atoms with Gasteiger partial charge in [0.15, 0.2) is 0 Å². The van der Waals surface area contributed by atoms with E-state index in [-0.39, 0.29) is 12.4 Å². The minimum absolute atomic E-state index is 0.0817. The van der Waals surface area contributed by atoms with Crippen LogP contribution in [0.4, 0.5) is 4.39 Å². The number of rotatable bonds is 3. The Bertz CT molecular complexity index is 737.